The smallest absolute Gasteiger partial charge is 0.391 e. The van der Waals surface area contributed by atoms with Crippen molar-refractivity contribution in [1.82, 2.24) is 0 Å². The lowest BCUT2D eigenvalue weighted by atomic mass is 9.95. The molecule has 0 aliphatic rings. The summed E-state index contributed by atoms with van der Waals surface area (Å²) in [5, 5.41) is 11.9. The lowest BCUT2D eigenvalue weighted by molar-refractivity contribution is 0.0383. The summed E-state index contributed by atoms with van der Waals surface area (Å²) in [5.74, 6) is -0.527. The highest BCUT2D eigenvalue weighted by Gasteiger charge is 2.53. The number of aliphatic hydroxyl groups excluding tert-OH is 1. The molecule has 0 radical (unpaired) electrons. The quantitative estimate of drug-likeness (QED) is 0.470. The number of carbonyl (C=O) groups is 1. The van der Waals surface area contributed by atoms with Gasteiger partial charge in [0.05, 0.1) is 11.7 Å². The zero-order valence-corrected chi connectivity index (χ0v) is 19.1. The molecule has 31 heavy (non-hydrogen) atoms. The molecular weight excluding hydrogens is 407 g/mol. The van der Waals surface area contributed by atoms with Gasteiger partial charge in [-0.3, -0.25) is 4.52 Å². The molecule has 3 aromatic carbocycles. The van der Waals surface area contributed by atoms with Crippen LogP contribution in [0.2, 0.25) is 0 Å². The number of benzene rings is 3. The van der Waals surface area contributed by atoms with E-state index in [1.54, 1.807) is 19.1 Å². The Morgan fingerprint density at radius 1 is 0.839 bits per heavy atom. The van der Waals surface area contributed by atoms with Crippen molar-refractivity contribution in [2.24, 2.45) is 5.92 Å². The van der Waals surface area contributed by atoms with Gasteiger partial charge in [-0.05, 0) is 56.7 Å². The van der Waals surface area contributed by atoms with Crippen LogP contribution in [0.5, 0.6) is 0 Å². The fourth-order valence-electron chi connectivity index (χ4n) is 3.77. The first-order chi connectivity index (χ1) is 15.0. The third kappa shape index (κ3) is 5.40. The Kier molecular flexibility index (Phi) is 7.97. The molecule has 162 valence electrons. The molecule has 0 aliphatic carbocycles. The Balaban J connectivity index is 2.13. The lowest BCUT2D eigenvalue weighted by Gasteiger charge is -2.30. The Morgan fingerprint density at radius 2 is 1.29 bits per heavy atom. The number of hydrogen-bond donors (Lipinski definition) is 1. The van der Waals surface area contributed by atoms with Crippen LogP contribution in [-0.2, 0) is 9.05 Å². The van der Waals surface area contributed by atoms with Crippen molar-refractivity contribution in [3.63, 3.8) is 0 Å². The third-order valence-corrected chi connectivity index (χ3v) is 8.43. The number of rotatable bonds is 9. The molecule has 1 N–H and O–H groups in total. The van der Waals surface area contributed by atoms with E-state index in [9.17, 15) is 9.90 Å². The third-order valence-electron chi connectivity index (χ3n) is 5.42. The van der Waals surface area contributed by atoms with E-state index < -0.39 is 19.8 Å². The zero-order valence-electron chi connectivity index (χ0n) is 18.2. The fourth-order valence-corrected chi connectivity index (χ4v) is 6.66. The lowest BCUT2D eigenvalue weighted by Crippen LogP contribution is -2.36. The fraction of sp³-hybridized carbons (Fsp3) is 0.269. The van der Waals surface area contributed by atoms with Crippen molar-refractivity contribution in [2.45, 2.75) is 39.4 Å². The van der Waals surface area contributed by atoms with Crippen LogP contribution < -0.4 is 10.6 Å². The van der Waals surface area contributed by atoms with E-state index in [0.29, 0.717) is 5.56 Å². The zero-order chi connectivity index (χ0) is 22.3. The van der Waals surface area contributed by atoms with E-state index in [-0.39, 0.29) is 12.0 Å². The Morgan fingerprint density at radius 3 is 1.71 bits per heavy atom. The summed E-state index contributed by atoms with van der Waals surface area (Å²) in [6.45, 7) is 5.74. The minimum absolute atomic E-state index is 0.0952. The van der Waals surface area contributed by atoms with Crippen LogP contribution >= 0.6 is 7.72 Å². The SMILES string of the molecule is CCC(C(C)O)C(C)O[P+](OC(=O)c1ccccc1)(c1ccccc1)c1ccccc1. The first-order valence-electron chi connectivity index (χ1n) is 10.6. The van der Waals surface area contributed by atoms with E-state index >= 15 is 0 Å². The van der Waals surface area contributed by atoms with E-state index in [4.69, 9.17) is 9.05 Å². The molecule has 0 fully saturated rings. The van der Waals surface area contributed by atoms with Crippen molar-refractivity contribution < 1.29 is 18.9 Å². The molecule has 3 rings (SSSR count). The van der Waals surface area contributed by atoms with Gasteiger partial charge in [0.15, 0.2) is 10.6 Å². The number of hydrogen-bond acceptors (Lipinski definition) is 4. The highest BCUT2D eigenvalue weighted by Crippen LogP contribution is 2.60. The highest BCUT2D eigenvalue weighted by molar-refractivity contribution is 7.81. The monoisotopic (exact) mass is 437 g/mol. The summed E-state index contributed by atoms with van der Waals surface area (Å²) in [4.78, 5) is 13.2. The van der Waals surface area contributed by atoms with Gasteiger partial charge in [-0.25, -0.2) is 4.79 Å². The van der Waals surface area contributed by atoms with Gasteiger partial charge in [0, 0.05) is 5.92 Å². The van der Waals surface area contributed by atoms with Crippen molar-refractivity contribution in [1.29, 1.82) is 0 Å². The second-order valence-electron chi connectivity index (χ2n) is 7.59. The number of aliphatic hydroxyl groups is 1. The van der Waals surface area contributed by atoms with Gasteiger partial charge in [-0.1, -0.05) is 61.5 Å². The Labute approximate surface area is 185 Å². The second-order valence-corrected chi connectivity index (χ2v) is 10.1. The maximum Gasteiger partial charge on any atom is 0.391 e. The van der Waals surface area contributed by atoms with Crippen molar-refractivity contribution in [3.05, 3.63) is 96.6 Å². The van der Waals surface area contributed by atoms with Gasteiger partial charge < -0.3 is 5.11 Å². The van der Waals surface area contributed by atoms with Gasteiger partial charge in [-0.15, -0.1) is 0 Å². The number of carbonyl (C=O) groups excluding carboxylic acids is 1. The molecule has 5 heteroatoms. The summed E-state index contributed by atoms with van der Waals surface area (Å²) in [7, 11) is -3.05. The normalized spacial score (nSPS) is 14.5. The minimum Gasteiger partial charge on any atom is -0.393 e. The van der Waals surface area contributed by atoms with E-state index in [1.165, 1.54) is 0 Å². The molecule has 3 unspecified atom stereocenters. The molecule has 0 amide bonds. The molecule has 0 saturated heterocycles. The van der Waals surface area contributed by atoms with E-state index in [1.807, 2.05) is 92.7 Å². The summed E-state index contributed by atoms with van der Waals surface area (Å²) < 4.78 is 13.0. The maximum atomic E-state index is 13.2. The van der Waals surface area contributed by atoms with Crippen LogP contribution in [-0.4, -0.2) is 23.3 Å². The molecular formula is C26H30O4P+. The molecule has 3 atom stereocenters. The van der Waals surface area contributed by atoms with Crippen molar-refractivity contribution in [2.75, 3.05) is 0 Å². The minimum atomic E-state index is -3.05. The maximum absolute atomic E-state index is 13.2. The van der Waals surface area contributed by atoms with Crippen LogP contribution in [0.25, 0.3) is 0 Å². The first kappa shape index (κ1) is 23.1. The van der Waals surface area contributed by atoms with Crippen LogP contribution in [0.15, 0.2) is 91.0 Å². The summed E-state index contributed by atoms with van der Waals surface area (Å²) in [5.41, 5.74) is 0.470. The Bertz CT molecular complexity index is 905. The van der Waals surface area contributed by atoms with Crippen LogP contribution in [0.1, 0.15) is 37.6 Å². The first-order valence-corrected chi connectivity index (χ1v) is 12.3. The average Bonchev–Trinajstić information content (AvgIpc) is 2.80. The molecule has 0 spiro atoms. The van der Waals surface area contributed by atoms with Gasteiger partial charge in [0.25, 0.3) is 0 Å². The Hall–Kier alpha value is -2.52. The van der Waals surface area contributed by atoms with Crippen LogP contribution in [0.4, 0.5) is 0 Å². The van der Waals surface area contributed by atoms with Gasteiger partial charge in [0.1, 0.15) is 6.10 Å². The topological polar surface area (TPSA) is 55.8 Å². The van der Waals surface area contributed by atoms with E-state index in [0.717, 1.165) is 17.0 Å². The van der Waals surface area contributed by atoms with Crippen molar-refractivity contribution in [3.8, 4) is 0 Å². The molecule has 4 nitrogen and oxygen atoms in total. The summed E-state index contributed by atoms with van der Waals surface area (Å²) in [6, 6.07) is 28.3. The molecule has 3 aromatic rings. The van der Waals surface area contributed by atoms with Gasteiger partial charge >= 0.3 is 13.7 Å². The van der Waals surface area contributed by atoms with Crippen LogP contribution in [0.3, 0.4) is 0 Å². The summed E-state index contributed by atoms with van der Waals surface area (Å²) in [6.07, 6.45) is -0.129. The predicted octanol–water partition coefficient (Wildman–Crippen LogP) is 5.15. The molecule has 0 aromatic heterocycles. The standard InChI is InChI=1S/C26H30O4P/c1-4-25(20(2)27)21(3)29-31(23-16-10-6-11-17-23,24-18-12-7-13-19-24)30-26(28)22-14-8-5-9-15-22/h5-21,25,27H,4H2,1-3H3/q+1. The summed E-state index contributed by atoms with van der Waals surface area (Å²) >= 11 is 0. The second kappa shape index (κ2) is 10.7. The molecule has 0 aliphatic heterocycles. The molecule has 0 bridgehead atoms. The molecule has 0 heterocycles. The van der Waals surface area contributed by atoms with Gasteiger partial charge in [0.2, 0.25) is 0 Å². The van der Waals surface area contributed by atoms with Crippen LogP contribution in [0, 0.1) is 5.92 Å². The average molecular weight is 437 g/mol. The van der Waals surface area contributed by atoms with E-state index in [2.05, 4.69) is 0 Å². The van der Waals surface area contributed by atoms with Gasteiger partial charge in [-0.2, -0.15) is 4.52 Å². The van der Waals surface area contributed by atoms with Crippen molar-refractivity contribution >= 4 is 24.3 Å². The highest BCUT2D eigenvalue weighted by atomic mass is 31.2. The molecule has 0 saturated carbocycles. The predicted molar refractivity (Wildman–Crippen MR) is 127 cm³/mol. The largest absolute Gasteiger partial charge is 0.393 e.